The second-order valence-electron chi connectivity index (χ2n) is 11.1. The van der Waals surface area contributed by atoms with Crippen molar-refractivity contribution in [1.29, 1.82) is 0 Å². The van der Waals surface area contributed by atoms with Crippen molar-refractivity contribution >= 4 is 11.9 Å². The third-order valence-corrected chi connectivity index (χ3v) is 7.29. The van der Waals surface area contributed by atoms with E-state index >= 15 is 0 Å². The van der Waals surface area contributed by atoms with Crippen LogP contribution in [0.25, 0.3) is 0 Å². The molecule has 0 unspecified atom stereocenters. The molecule has 0 radical (unpaired) electrons. The van der Waals surface area contributed by atoms with E-state index in [1.165, 1.54) is 96.3 Å². The molecule has 230 valence electrons. The lowest BCUT2D eigenvalue weighted by molar-refractivity contribution is 0.234. The fourth-order valence-electron chi connectivity index (χ4n) is 4.77. The summed E-state index contributed by atoms with van der Waals surface area (Å²) >= 11 is 0. The van der Waals surface area contributed by atoms with E-state index in [9.17, 15) is 0 Å². The third-order valence-electron chi connectivity index (χ3n) is 7.29. The summed E-state index contributed by atoms with van der Waals surface area (Å²) in [4.78, 5) is 9.11. The van der Waals surface area contributed by atoms with Crippen LogP contribution in [0.4, 0.5) is 5.69 Å². The quantitative estimate of drug-likeness (QED) is 0.0839. The van der Waals surface area contributed by atoms with Gasteiger partial charge in [-0.15, -0.1) is 0 Å². The first-order valence-corrected chi connectivity index (χ1v) is 16.8. The zero-order chi connectivity index (χ0) is 29.2. The Morgan fingerprint density at radius 3 is 1.51 bits per heavy atom. The molecule has 5 heteroatoms. The first-order valence-electron chi connectivity index (χ1n) is 16.8. The Morgan fingerprint density at radius 1 is 0.585 bits per heavy atom. The molecule has 0 spiro atoms. The zero-order valence-corrected chi connectivity index (χ0v) is 26.5. The van der Waals surface area contributed by atoms with Crippen LogP contribution in [0.15, 0.2) is 41.5 Å². The molecule has 2 aromatic rings. The molecule has 0 N–H and O–H groups in total. The van der Waals surface area contributed by atoms with Crippen LogP contribution in [0.5, 0.6) is 17.2 Å². The van der Waals surface area contributed by atoms with Gasteiger partial charge in [0.25, 0.3) is 0 Å². The standard InChI is InChI=1S/C36H58N2O3/c1-4-7-10-13-16-21-26-39-34-29-33(38-31-32-24-19-20-25-37-32)30-35(40-27-22-17-14-11-8-5-2)36(34)41-28-23-18-15-12-9-6-3/h19-20,24-25,29-31H,4-18,21-23,26-28H2,1-3H3. The molecule has 0 fully saturated rings. The number of pyridine rings is 1. The van der Waals surface area contributed by atoms with Crippen molar-refractivity contribution in [2.75, 3.05) is 19.8 Å². The number of nitrogens with zero attached hydrogens (tertiary/aromatic N) is 2. The number of rotatable bonds is 26. The Hall–Kier alpha value is -2.56. The lowest BCUT2D eigenvalue weighted by Gasteiger charge is -2.18. The lowest BCUT2D eigenvalue weighted by atomic mass is 10.1. The molecule has 0 aliphatic carbocycles. The summed E-state index contributed by atoms with van der Waals surface area (Å²) in [6, 6.07) is 9.82. The van der Waals surface area contributed by atoms with E-state index in [4.69, 9.17) is 19.2 Å². The predicted octanol–water partition coefficient (Wildman–Crippen LogP) is 11.1. The number of benzene rings is 1. The largest absolute Gasteiger partial charge is 0.489 e. The fraction of sp³-hybridized carbons (Fsp3) is 0.667. The maximum Gasteiger partial charge on any atom is 0.203 e. The van der Waals surface area contributed by atoms with Gasteiger partial charge in [-0.2, -0.15) is 0 Å². The molecule has 0 atom stereocenters. The average Bonchev–Trinajstić information content (AvgIpc) is 3.00. The Kier molecular flexibility index (Phi) is 20.3. The van der Waals surface area contributed by atoms with E-state index in [2.05, 4.69) is 25.8 Å². The van der Waals surface area contributed by atoms with Crippen molar-refractivity contribution in [1.82, 2.24) is 4.98 Å². The summed E-state index contributed by atoms with van der Waals surface area (Å²) in [5.74, 6) is 2.20. The van der Waals surface area contributed by atoms with Crippen LogP contribution in [0.2, 0.25) is 0 Å². The highest BCUT2D eigenvalue weighted by molar-refractivity contribution is 5.80. The Labute approximate surface area is 251 Å². The van der Waals surface area contributed by atoms with Gasteiger partial charge in [0.2, 0.25) is 5.75 Å². The van der Waals surface area contributed by atoms with Crippen molar-refractivity contribution in [3.05, 3.63) is 42.2 Å². The molecular weight excluding hydrogens is 508 g/mol. The minimum Gasteiger partial charge on any atom is -0.489 e. The van der Waals surface area contributed by atoms with Gasteiger partial charge in [-0.3, -0.25) is 9.98 Å². The van der Waals surface area contributed by atoms with Crippen LogP contribution < -0.4 is 14.2 Å². The summed E-state index contributed by atoms with van der Waals surface area (Å²) in [6.45, 7) is 8.78. The highest BCUT2D eigenvalue weighted by atomic mass is 16.5. The first kappa shape index (κ1) is 34.6. The summed E-state index contributed by atoms with van der Waals surface area (Å²) in [5.41, 5.74) is 1.61. The van der Waals surface area contributed by atoms with Gasteiger partial charge in [0, 0.05) is 18.3 Å². The first-order chi connectivity index (χ1) is 20.3. The molecule has 1 aromatic heterocycles. The lowest BCUT2D eigenvalue weighted by Crippen LogP contribution is -2.06. The van der Waals surface area contributed by atoms with Crippen LogP contribution in [0.1, 0.15) is 142 Å². The Morgan fingerprint density at radius 2 is 1.05 bits per heavy atom. The topological polar surface area (TPSA) is 52.9 Å². The SMILES string of the molecule is CCCCCCCCOc1cc(N=Cc2ccccn2)cc(OCCCCCCCC)c1OCCCCCCCC. The highest BCUT2D eigenvalue weighted by Gasteiger charge is 2.16. The van der Waals surface area contributed by atoms with E-state index in [-0.39, 0.29) is 0 Å². The van der Waals surface area contributed by atoms with Crippen molar-refractivity contribution in [2.24, 2.45) is 4.99 Å². The van der Waals surface area contributed by atoms with Gasteiger partial charge in [-0.25, -0.2) is 0 Å². The maximum atomic E-state index is 6.40. The summed E-state index contributed by atoms with van der Waals surface area (Å²) < 4.78 is 19.1. The number of hydrogen-bond acceptors (Lipinski definition) is 5. The number of unbranched alkanes of at least 4 members (excludes halogenated alkanes) is 15. The van der Waals surface area contributed by atoms with Gasteiger partial charge in [0.1, 0.15) is 0 Å². The Balaban J connectivity index is 2.14. The van der Waals surface area contributed by atoms with Crippen LogP contribution in [0, 0.1) is 0 Å². The van der Waals surface area contributed by atoms with Crippen LogP contribution in [-0.2, 0) is 0 Å². The van der Waals surface area contributed by atoms with E-state index in [0.29, 0.717) is 19.8 Å². The molecule has 0 aliphatic rings. The second-order valence-corrected chi connectivity index (χ2v) is 11.1. The maximum absolute atomic E-state index is 6.40. The summed E-state index contributed by atoms with van der Waals surface area (Å²) in [6.07, 6.45) is 25.7. The highest BCUT2D eigenvalue weighted by Crippen LogP contribution is 2.42. The van der Waals surface area contributed by atoms with Crippen molar-refractivity contribution in [2.45, 2.75) is 136 Å². The van der Waals surface area contributed by atoms with Gasteiger partial charge < -0.3 is 14.2 Å². The third kappa shape index (κ3) is 16.5. The number of aliphatic imine (C=N–C) groups is 1. The number of aromatic nitrogens is 1. The smallest absolute Gasteiger partial charge is 0.203 e. The number of hydrogen-bond donors (Lipinski definition) is 0. The monoisotopic (exact) mass is 566 g/mol. The molecule has 1 aromatic carbocycles. The second kappa shape index (κ2) is 24.1. The fourth-order valence-corrected chi connectivity index (χ4v) is 4.77. The molecule has 0 bridgehead atoms. The molecular formula is C36H58N2O3. The van der Waals surface area contributed by atoms with Crippen LogP contribution in [0.3, 0.4) is 0 Å². The van der Waals surface area contributed by atoms with Gasteiger partial charge in [-0.05, 0) is 31.4 Å². The van der Waals surface area contributed by atoms with Crippen LogP contribution >= 0.6 is 0 Å². The van der Waals surface area contributed by atoms with Gasteiger partial charge >= 0.3 is 0 Å². The molecule has 0 amide bonds. The van der Waals surface area contributed by atoms with E-state index < -0.39 is 0 Å². The minimum atomic E-state index is 0.670. The molecule has 2 rings (SSSR count). The molecule has 5 nitrogen and oxygen atoms in total. The molecule has 0 saturated heterocycles. The number of ether oxygens (including phenoxy) is 3. The predicted molar refractivity (Wildman–Crippen MR) is 175 cm³/mol. The molecule has 1 heterocycles. The normalized spacial score (nSPS) is 11.3. The Bertz CT molecular complexity index is 877. The van der Waals surface area contributed by atoms with Gasteiger partial charge in [0.15, 0.2) is 11.5 Å². The average molecular weight is 567 g/mol. The van der Waals surface area contributed by atoms with Gasteiger partial charge in [-0.1, -0.05) is 123 Å². The van der Waals surface area contributed by atoms with Crippen molar-refractivity contribution in [3.8, 4) is 17.2 Å². The zero-order valence-electron chi connectivity index (χ0n) is 26.5. The van der Waals surface area contributed by atoms with Crippen LogP contribution in [-0.4, -0.2) is 31.0 Å². The van der Waals surface area contributed by atoms with Crippen molar-refractivity contribution in [3.63, 3.8) is 0 Å². The van der Waals surface area contributed by atoms with Crippen molar-refractivity contribution < 1.29 is 14.2 Å². The van der Waals surface area contributed by atoms with E-state index in [1.54, 1.807) is 12.4 Å². The van der Waals surface area contributed by atoms with Gasteiger partial charge in [0.05, 0.1) is 37.4 Å². The van der Waals surface area contributed by atoms with E-state index in [1.807, 2.05) is 30.3 Å². The summed E-state index contributed by atoms with van der Waals surface area (Å²) in [5, 5.41) is 0. The minimum absolute atomic E-state index is 0.670. The molecule has 41 heavy (non-hydrogen) atoms. The summed E-state index contributed by atoms with van der Waals surface area (Å²) in [7, 11) is 0. The molecule has 0 saturated carbocycles. The van der Waals surface area contributed by atoms with E-state index in [0.717, 1.165) is 47.9 Å². The molecule has 0 aliphatic heterocycles.